The van der Waals surface area contributed by atoms with Crippen molar-refractivity contribution in [1.82, 2.24) is 4.98 Å². The Morgan fingerprint density at radius 2 is 2.06 bits per heavy atom. The molecule has 0 bridgehead atoms. The monoisotopic (exact) mass is 223 g/mol. The second-order valence-electron chi connectivity index (χ2n) is 4.53. The van der Waals surface area contributed by atoms with Gasteiger partial charge in [-0.25, -0.2) is 9.78 Å². The molecule has 1 rings (SSSR count). The lowest BCUT2D eigenvalue weighted by atomic mass is 10.2. The molecule has 0 unspecified atom stereocenters. The number of hydrogen-bond acceptors (Lipinski definition) is 4. The van der Waals surface area contributed by atoms with Crippen molar-refractivity contribution in [1.29, 1.82) is 0 Å². The Morgan fingerprint density at radius 3 is 2.56 bits per heavy atom. The number of aryl methyl sites for hydroxylation is 1. The van der Waals surface area contributed by atoms with Crippen molar-refractivity contribution in [3.8, 4) is 0 Å². The molecule has 0 fully saturated rings. The Morgan fingerprint density at radius 1 is 1.44 bits per heavy atom. The van der Waals surface area contributed by atoms with Gasteiger partial charge in [-0.2, -0.15) is 0 Å². The number of nitrogens with two attached hydrogens (primary N) is 1. The van der Waals surface area contributed by atoms with Crippen LogP contribution >= 0.6 is 0 Å². The Hall–Kier alpha value is -1.78. The molecule has 0 aliphatic rings. The lowest BCUT2D eigenvalue weighted by molar-refractivity contribution is 0.0635. The molecule has 1 aromatic rings. The van der Waals surface area contributed by atoms with Gasteiger partial charge in [-0.15, -0.1) is 0 Å². The summed E-state index contributed by atoms with van der Waals surface area (Å²) in [5, 5.41) is 2.51. The van der Waals surface area contributed by atoms with Gasteiger partial charge >= 0.3 is 6.09 Å². The largest absolute Gasteiger partial charge is 0.444 e. The lowest BCUT2D eigenvalue weighted by Gasteiger charge is -2.19. The van der Waals surface area contributed by atoms with Crippen molar-refractivity contribution in [2.45, 2.75) is 33.3 Å². The first-order chi connectivity index (χ1) is 7.28. The van der Waals surface area contributed by atoms with Gasteiger partial charge in [0, 0.05) is 0 Å². The van der Waals surface area contributed by atoms with Crippen molar-refractivity contribution in [2.75, 3.05) is 11.1 Å². The summed E-state index contributed by atoms with van der Waals surface area (Å²) in [5.41, 5.74) is 5.96. The van der Waals surface area contributed by atoms with E-state index in [1.807, 2.05) is 6.92 Å². The number of hydrogen-bond donors (Lipinski definition) is 2. The van der Waals surface area contributed by atoms with Crippen LogP contribution in [0.5, 0.6) is 0 Å². The van der Waals surface area contributed by atoms with E-state index < -0.39 is 11.7 Å². The summed E-state index contributed by atoms with van der Waals surface area (Å²) in [6.45, 7) is 7.23. The van der Waals surface area contributed by atoms with Crippen molar-refractivity contribution < 1.29 is 9.53 Å². The Kier molecular flexibility index (Phi) is 3.37. The normalized spacial score (nSPS) is 11.0. The number of nitrogens with one attached hydrogen (secondary N) is 1. The molecule has 0 radical (unpaired) electrons. The molecule has 5 heteroatoms. The smallest absolute Gasteiger partial charge is 0.413 e. The van der Waals surface area contributed by atoms with Crippen LogP contribution < -0.4 is 11.1 Å². The van der Waals surface area contributed by atoms with Gasteiger partial charge in [-0.3, -0.25) is 5.32 Å². The predicted octanol–water partition coefficient (Wildman–Crippen LogP) is 2.32. The SMILES string of the molecule is Cc1ccc(NC(=O)OC(C)(C)C)nc1N. The minimum absolute atomic E-state index is 0.386. The van der Waals surface area contributed by atoms with Gasteiger partial charge in [0.25, 0.3) is 0 Å². The molecular weight excluding hydrogens is 206 g/mol. The van der Waals surface area contributed by atoms with Crippen LogP contribution in [0.4, 0.5) is 16.4 Å². The van der Waals surface area contributed by atoms with Crippen molar-refractivity contribution >= 4 is 17.7 Å². The van der Waals surface area contributed by atoms with Crippen LogP contribution in [-0.4, -0.2) is 16.7 Å². The van der Waals surface area contributed by atoms with E-state index >= 15 is 0 Å². The minimum Gasteiger partial charge on any atom is -0.444 e. The highest BCUT2D eigenvalue weighted by Gasteiger charge is 2.16. The molecule has 0 aliphatic heterocycles. The third kappa shape index (κ3) is 3.76. The van der Waals surface area contributed by atoms with E-state index in [-0.39, 0.29) is 0 Å². The van der Waals surface area contributed by atoms with Crippen LogP contribution in [0.1, 0.15) is 26.3 Å². The summed E-state index contributed by atoms with van der Waals surface area (Å²) in [5.74, 6) is 0.783. The van der Waals surface area contributed by atoms with E-state index in [0.717, 1.165) is 5.56 Å². The molecule has 3 N–H and O–H groups in total. The number of rotatable bonds is 1. The lowest BCUT2D eigenvalue weighted by Crippen LogP contribution is -2.27. The van der Waals surface area contributed by atoms with Crippen molar-refractivity contribution in [3.05, 3.63) is 17.7 Å². The van der Waals surface area contributed by atoms with Gasteiger partial charge in [-0.1, -0.05) is 6.07 Å². The Balaban J connectivity index is 2.67. The number of amides is 1. The number of ether oxygens (including phenoxy) is 1. The third-order valence-electron chi connectivity index (χ3n) is 1.77. The molecule has 1 aromatic heterocycles. The highest BCUT2D eigenvalue weighted by atomic mass is 16.6. The second-order valence-corrected chi connectivity index (χ2v) is 4.53. The number of carbonyl (C=O) groups is 1. The van der Waals surface area contributed by atoms with E-state index in [4.69, 9.17) is 10.5 Å². The number of pyridine rings is 1. The molecule has 16 heavy (non-hydrogen) atoms. The zero-order valence-corrected chi connectivity index (χ0v) is 10.00. The number of anilines is 2. The maximum atomic E-state index is 11.4. The van der Waals surface area contributed by atoms with E-state index in [2.05, 4.69) is 10.3 Å². The minimum atomic E-state index is -0.539. The van der Waals surface area contributed by atoms with Gasteiger partial charge < -0.3 is 10.5 Å². The summed E-state index contributed by atoms with van der Waals surface area (Å²) in [4.78, 5) is 15.4. The number of nitrogens with zero attached hydrogens (tertiary/aromatic N) is 1. The topological polar surface area (TPSA) is 77.2 Å². The van der Waals surface area contributed by atoms with Crippen LogP contribution in [0.3, 0.4) is 0 Å². The summed E-state index contributed by atoms with van der Waals surface area (Å²) in [7, 11) is 0. The number of aromatic nitrogens is 1. The molecule has 0 saturated heterocycles. The summed E-state index contributed by atoms with van der Waals surface area (Å²) in [6.07, 6.45) is -0.539. The number of nitrogen functional groups attached to an aromatic ring is 1. The van der Waals surface area contributed by atoms with Crippen molar-refractivity contribution in [2.24, 2.45) is 0 Å². The van der Waals surface area contributed by atoms with Gasteiger partial charge in [0.15, 0.2) is 0 Å². The fourth-order valence-corrected chi connectivity index (χ4v) is 1.02. The molecule has 1 amide bonds. The maximum absolute atomic E-state index is 11.4. The Bertz CT molecular complexity index is 397. The van der Waals surface area contributed by atoms with E-state index in [1.54, 1.807) is 32.9 Å². The molecule has 0 atom stereocenters. The molecule has 0 aliphatic carbocycles. The molecule has 0 saturated carbocycles. The van der Waals surface area contributed by atoms with E-state index in [1.165, 1.54) is 0 Å². The van der Waals surface area contributed by atoms with Gasteiger partial charge in [0.1, 0.15) is 17.2 Å². The molecular formula is C11H17N3O2. The summed E-state index contributed by atoms with van der Waals surface area (Å²) in [6, 6.07) is 3.46. The fraction of sp³-hybridized carbons (Fsp3) is 0.455. The van der Waals surface area contributed by atoms with Gasteiger partial charge in [-0.05, 0) is 39.3 Å². The second kappa shape index (κ2) is 4.38. The average Bonchev–Trinajstić information content (AvgIpc) is 2.08. The predicted molar refractivity (Wildman–Crippen MR) is 63.2 cm³/mol. The standard InChI is InChI=1S/C11H17N3O2/c1-7-5-6-8(13-9(7)12)14-10(15)16-11(2,3)4/h5-6H,1-4H3,(H3,12,13,14,15). The quantitative estimate of drug-likeness (QED) is 0.766. The molecule has 88 valence electrons. The van der Waals surface area contributed by atoms with Crippen LogP contribution in [0.25, 0.3) is 0 Å². The maximum Gasteiger partial charge on any atom is 0.413 e. The van der Waals surface area contributed by atoms with Crippen LogP contribution in [0, 0.1) is 6.92 Å². The van der Waals surface area contributed by atoms with Gasteiger partial charge in [0.2, 0.25) is 0 Å². The van der Waals surface area contributed by atoms with Crippen molar-refractivity contribution in [3.63, 3.8) is 0 Å². The molecule has 0 aromatic carbocycles. The zero-order valence-electron chi connectivity index (χ0n) is 10.00. The third-order valence-corrected chi connectivity index (χ3v) is 1.77. The summed E-state index contributed by atoms with van der Waals surface area (Å²) < 4.78 is 5.08. The first-order valence-electron chi connectivity index (χ1n) is 5.01. The molecule has 5 nitrogen and oxygen atoms in total. The zero-order chi connectivity index (χ0) is 12.3. The first kappa shape index (κ1) is 12.3. The highest BCUT2D eigenvalue weighted by Crippen LogP contribution is 2.13. The van der Waals surface area contributed by atoms with Crippen LogP contribution in [0.2, 0.25) is 0 Å². The fourth-order valence-electron chi connectivity index (χ4n) is 1.02. The summed E-state index contributed by atoms with van der Waals surface area (Å²) >= 11 is 0. The first-order valence-corrected chi connectivity index (χ1v) is 5.01. The molecule has 0 spiro atoms. The van der Waals surface area contributed by atoms with Gasteiger partial charge in [0.05, 0.1) is 0 Å². The molecule has 1 heterocycles. The highest BCUT2D eigenvalue weighted by molar-refractivity contribution is 5.83. The average molecular weight is 223 g/mol. The Labute approximate surface area is 95.0 Å². The van der Waals surface area contributed by atoms with E-state index in [9.17, 15) is 4.79 Å². The van der Waals surface area contributed by atoms with Crippen LogP contribution in [-0.2, 0) is 4.74 Å². The number of carbonyl (C=O) groups excluding carboxylic acids is 1. The van der Waals surface area contributed by atoms with E-state index in [0.29, 0.717) is 11.6 Å². The van der Waals surface area contributed by atoms with Crippen LogP contribution in [0.15, 0.2) is 12.1 Å².